The number of aliphatic carboxylic acids is 1. The van der Waals surface area contributed by atoms with Crippen LogP contribution in [0.2, 0.25) is 0 Å². The standard InChI is InChI=1S/C20H20BrNO4/c1-2-3-8-19(23)22-17(20(24)25)13-14-9-11-15(12-10-14)26-18-7-5-4-6-16(18)21/h4-7,9-13H,2-3,8H2,1H3,(H,22,23)(H,24,25)/b17-13-. The molecule has 0 aliphatic rings. The Morgan fingerprint density at radius 2 is 1.85 bits per heavy atom. The van der Waals surface area contributed by atoms with E-state index in [9.17, 15) is 14.7 Å². The summed E-state index contributed by atoms with van der Waals surface area (Å²) in [5, 5.41) is 11.7. The highest BCUT2D eigenvalue weighted by molar-refractivity contribution is 9.10. The maximum absolute atomic E-state index is 11.8. The molecule has 0 bridgehead atoms. The van der Waals surface area contributed by atoms with Crippen molar-refractivity contribution in [2.24, 2.45) is 0 Å². The molecule has 0 fully saturated rings. The highest BCUT2D eigenvalue weighted by Crippen LogP contribution is 2.29. The lowest BCUT2D eigenvalue weighted by molar-refractivity contribution is -0.134. The van der Waals surface area contributed by atoms with Gasteiger partial charge < -0.3 is 15.2 Å². The van der Waals surface area contributed by atoms with E-state index in [0.29, 0.717) is 23.5 Å². The van der Waals surface area contributed by atoms with Gasteiger partial charge in [-0.2, -0.15) is 0 Å². The minimum absolute atomic E-state index is 0.148. The van der Waals surface area contributed by atoms with Gasteiger partial charge in [0.05, 0.1) is 4.47 Å². The van der Waals surface area contributed by atoms with Gasteiger partial charge in [0, 0.05) is 6.42 Å². The molecule has 0 unspecified atom stereocenters. The van der Waals surface area contributed by atoms with Crippen LogP contribution in [0.3, 0.4) is 0 Å². The van der Waals surface area contributed by atoms with Crippen molar-refractivity contribution >= 4 is 33.9 Å². The number of carboxylic acids is 1. The molecule has 26 heavy (non-hydrogen) atoms. The zero-order valence-corrected chi connectivity index (χ0v) is 16.0. The van der Waals surface area contributed by atoms with Crippen LogP contribution in [-0.2, 0) is 9.59 Å². The Labute approximate surface area is 160 Å². The third-order valence-corrected chi connectivity index (χ3v) is 4.17. The van der Waals surface area contributed by atoms with Crippen molar-refractivity contribution in [1.82, 2.24) is 5.32 Å². The molecule has 2 rings (SSSR count). The maximum atomic E-state index is 11.8. The third kappa shape index (κ3) is 6.04. The first kappa shape index (κ1) is 19.7. The minimum atomic E-state index is -1.18. The fourth-order valence-electron chi connectivity index (χ4n) is 2.15. The SMILES string of the molecule is CCCCC(=O)N/C(=C\c1ccc(Oc2ccccc2Br)cc1)C(=O)O. The van der Waals surface area contributed by atoms with Gasteiger partial charge in [-0.3, -0.25) is 4.79 Å². The monoisotopic (exact) mass is 417 g/mol. The lowest BCUT2D eigenvalue weighted by atomic mass is 10.1. The molecule has 2 aromatic rings. The molecular formula is C20H20BrNO4. The molecule has 0 atom stereocenters. The molecule has 0 aromatic heterocycles. The Balaban J connectivity index is 2.09. The summed E-state index contributed by atoms with van der Waals surface area (Å²) < 4.78 is 6.61. The number of benzene rings is 2. The normalized spacial score (nSPS) is 11.1. The van der Waals surface area contributed by atoms with Crippen molar-refractivity contribution in [1.29, 1.82) is 0 Å². The average Bonchev–Trinajstić information content (AvgIpc) is 2.62. The number of para-hydroxylation sites is 1. The Kier molecular flexibility index (Phi) is 7.41. The zero-order valence-electron chi connectivity index (χ0n) is 14.4. The molecule has 2 aromatic carbocycles. The van der Waals surface area contributed by atoms with E-state index in [1.54, 1.807) is 24.3 Å². The van der Waals surface area contributed by atoms with Crippen LogP contribution < -0.4 is 10.1 Å². The van der Waals surface area contributed by atoms with Crippen molar-refractivity contribution < 1.29 is 19.4 Å². The summed E-state index contributed by atoms with van der Waals surface area (Å²) in [6.07, 6.45) is 3.33. The second kappa shape index (κ2) is 9.77. The van der Waals surface area contributed by atoms with Crippen molar-refractivity contribution in [3.8, 4) is 11.5 Å². The van der Waals surface area contributed by atoms with E-state index in [0.717, 1.165) is 17.3 Å². The number of carbonyl (C=O) groups excluding carboxylic acids is 1. The van der Waals surface area contributed by atoms with Crippen LogP contribution in [0.4, 0.5) is 0 Å². The van der Waals surface area contributed by atoms with E-state index in [-0.39, 0.29) is 11.6 Å². The number of carboxylic acid groups (broad SMARTS) is 1. The van der Waals surface area contributed by atoms with Gasteiger partial charge in [-0.15, -0.1) is 0 Å². The van der Waals surface area contributed by atoms with E-state index in [1.165, 1.54) is 6.08 Å². The lowest BCUT2D eigenvalue weighted by Crippen LogP contribution is -2.26. The topological polar surface area (TPSA) is 75.6 Å². The van der Waals surface area contributed by atoms with Gasteiger partial charge in [0.15, 0.2) is 0 Å². The van der Waals surface area contributed by atoms with E-state index >= 15 is 0 Å². The van der Waals surface area contributed by atoms with Gasteiger partial charge in [-0.25, -0.2) is 4.79 Å². The van der Waals surface area contributed by atoms with Crippen LogP contribution in [0.15, 0.2) is 58.7 Å². The van der Waals surface area contributed by atoms with Crippen molar-refractivity contribution in [2.45, 2.75) is 26.2 Å². The van der Waals surface area contributed by atoms with E-state index in [4.69, 9.17) is 4.74 Å². The van der Waals surface area contributed by atoms with Crippen LogP contribution in [0, 0.1) is 0 Å². The number of unbranched alkanes of at least 4 members (excludes halogenated alkanes) is 1. The van der Waals surface area contributed by atoms with Gasteiger partial charge in [0.2, 0.25) is 5.91 Å². The number of hydrogen-bond donors (Lipinski definition) is 2. The highest BCUT2D eigenvalue weighted by Gasteiger charge is 2.11. The molecule has 0 saturated carbocycles. The fourth-order valence-corrected chi connectivity index (χ4v) is 2.52. The molecule has 6 heteroatoms. The molecule has 1 amide bonds. The first-order chi connectivity index (χ1) is 12.5. The number of nitrogens with one attached hydrogen (secondary N) is 1. The van der Waals surface area contributed by atoms with Gasteiger partial charge in [-0.05, 0) is 58.3 Å². The van der Waals surface area contributed by atoms with E-state index in [2.05, 4.69) is 21.2 Å². The minimum Gasteiger partial charge on any atom is -0.477 e. The highest BCUT2D eigenvalue weighted by atomic mass is 79.9. The van der Waals surface area contributed by atoms with Gasteiger partial charge >= 0.3 is 5.97 Å². The summed E-state index contributed by atoms with van der Waals surface area (Å²) in [4.78, 5) is 23.1. The van der Waals surface area contributed by atoms with Gasteiger partial charge in [0.1, 0.15) is 17.2 Å². The number of carbonyl (C=O) groups is 2. The fraction of sp³-hybridized carbons (Fsp3) is 0.200. The zero-order chi connectivity index (χ0) is 18.9. The maximum Gasteiger partial charge on any atom is 0.352 e. The summed E-state index contributed by atoms with van der Waals surface area (Å²) >= 11 is 3.42. The quantitative estimate of drug-likeness (QED) is 0.594. The molecule has 0 saturated heterocycles. The Morgan fingerprint density at radius 3 is 2.46 bits per heavy atom. The summed E-state index contributed by atoms with van der Waals surface area (Å²) in [5.41, 5.74) is 0.503. The van der Waals surface area contributed by atoms with Crippen molar-refractivity contribution in [3.05, 3.63) is 64.3 Å². The molecule has 0 heterocycles. The van der Waals surface area contributed by atoms with E-state index in [1.807, 2.05) is 31.2 Å². The first-order valence-electron chi connectivity index (χ1n) is 8.27. The second-order valence-corrected chi connectivity index (χ2v) is 6.47. The molecule has 0 spiro atoms. The number of rotatable bonds is 8. The van der Waals surface area contributed by atoms with Crippen LogP contribution in [0.1, 0.15) is 31.7 Å². The van der Waals surface area contributed by atoms with Crippen LogP contribution >= 0.6 is 15.9 Å². The van der Waals surface area contributed by atoms with Crippen LogP contribution in [0.25, 0.3) is 6.08 Å². The number of hydrogen-bond acceptors (Lipinski definition) is 3. The third-order valence-electron chi connectivity index (χ3n) is 3.52. The molecule has 5 nitrogen and oxygen atoms in total. The average molecular weight is 418 g/mol. The summed E-state index contributed by atoms with van der Waals surface area (Å²) in [6.45, 7) is 1.97. The summed E-state index contributed by atoms with van der Waals surface area (Å²) in [6, 6.07) is 14.4. The summed E-state index contributed by atoms with van der Waals surface area (Å²) in [5.74, 6) is -0.166. The first-order valence-corrected chi connectivity index (χ1v) is 9.06. The largest absolute Gasteiger partial charge is 0.477 e. The van der Waals surface area contributed by atoms with E-state index < -0.39 is 5.97 Å². The summed E-state index contributed by atoms with van der Waals surface area (Å²) in [7, 11) is 0. The van der Waals surface area contributed by atoms with Gasteiger partial charge in [0.25, 0.3) is 0 Å². The number of halogens is 1. The number of amides is 1. The molecule has 0 aliphatic carbocycles. The van der Waals surface area contributed by atoms with Crippen LogP contribution in [-0.4, -0.2) is 17.0 Å². The lowest BCUT2D eigenvalue weighted by Gasteiger charge is -2.08. The molecule has 0 radical (unpaired) electrons. The molecular weight excluding hydrogens is 398 g/mol. The molecule has 2 N–H and O–H groups in total. The Hall–Kier alpha value is -2.60. The van der Waals surface area contributed by atoms with Crippen LogP contribution in [0.5, 0.6) is 11.5 Å². The second-order valence-electron chi connectivity index (χ2n) is 5.62. The Bertz CT molecular complexity index is 800. The molecule has 136 valence electrons. The number of ether oxygens (including phenoxy) is 1. The van der Waals surface area contributed by atoms with Crippen molar-refractivity contribution in [3.63, 3.8) is 0 Å². The predicted molar refractivity (Wildman–Crippen MR) is 104 cm³/mol. The molecule has 0 aliphatic heterocycles. The van der Waals surface area contributed by atoms with Crippen molar-refractivity contribution in [2.75, 3.05) is 0 Å². The predicted octanol–water partition coefficient (Wildman–Crippen LogP) is 4.97. The Morgan fingerprint density at radius 1 is 1.15 bits per heavy atom. The van der Waals surface area contributed by atoms with Gasteiger partial charge in [-0.1, -0.05) is 37.6 Å². The smallest absolute Gasteiger partial charge is 0.352 e.